The van der Waals surface area contributed by atoms with Gasteiger partial charge in [-0.05, 0) is 35.9 Å². The van der Waals surface area contributed by atoms with Gasteiger partial charge in [0.25, 0.3) is 0 Å². The molecule has 6 heteroatoms. The SMILES string of the molecule is CC(C)C(=O)Nc1cccc(NC(=O)N(C)Cc2cccc(Cl)c2)c1. The van der Waals surface area contributed by atoms with Crippen LogP contribution in [-0.2, 0) is 11.3 Å². The molecule has 2 N–H and O–H groups in total. The van der Waals surface area contributed by atoms with Gasteiger partial charge >= 0.3 is 6.03 Å². The third-order valence-electron chi connectivity index (χ3n) is 3.56. The van der Waals surface area contributed by atoms with Gasteiger partial charge < -0.3 is 15.5 Å². The number of hydrogen-bond acceptors (Lipinski definition) is 2. The van der Waals surface area contributed by atoms with E-state index in [9.17, 15) is 9.59 Å². The first kappa shape index (κ1) is 18.8. The number of nitrogens with one attached hydrogen (secondary N) is 2. The van der Waals surface area contributed by atoms with Crippen molar-refractivity contribution < 1.29 is 9.59 Å². The van der Waals surface area contributed by atoms with Crippen LogP contribution in [0.15, 0.2) is 48.5 Å². The van der Waals surface area contributed by atoms with Gasteiger partial charge in [0.1, 0.15) is 0 Å². The van der Waals surface area contributed by atoms with Crippen molar-refractivity contribution in [2.45, 2.75) is 20.4 Å². The summed E-state index contributed by atoms with van der Waals surface area (Å²) < 4.78 is 0. The minimum Gasteiger partial charge on any atom is -0.326 e. The Morgan fingerprint density at radius 1 is 1.04 bits per heavy atom. The molecular formula is C19H22ClN3O2. The summed E-state index contributed by atoms with van der Waals surface area (Å²) in [6.45, 7) is 4.09. The van der Waals surface area contributed by atoms with Crippen LogP contribution >= 0.6 is 11.6 Å². The Kier molecular flexibility index (Phi) is 6.42. The Bertz CT molecular complexity index is 762. The Morgan fingerprint density at radius 3 is 2.32 bits per heavy atom. The lowest BCUT2D eigenvalue weighted by molar-refractivity contribution is -0.118. The van der Waals surface area contributed by atoms with Gasteiger partial charge in [0.05, 0.1) is 0 Å². The normalized spacial score (nSPS) is 10.4. The first-order chi connectivity index (χ1) is 11.8. The van der Waals surface area contributed by atoms with E-state index in [1.165, 1.54) is 0 Å². The van der Waals surface area contributed by atoms with Gasteiger partial charge in [0, 0.05) is 35.9 Å². The number of anilines is 2. The van der Waals surface area contributed by atoms with Crippen molar-refractivity contribution >= 4 is 34.9 Å². The topological polar surface area (TPSA) is 61.4 Å². The maximum absolute atomic E-state index is 12.3. The molecule has 0 saturated carbocycles. The molecule has 3 amide bonds. The number of nitrogens with zero attached hydrogens (tertiary/aromatic N) is 1. The second-order valence-electron chi connectivity index (χ2n) is 6.14. The molecule has 0 atom stereocenters. The van der Waals surface area contributed by atoms with Crippen LogP contribution in [0.3, 0.4) is 0 Å². The lowest BCUT2D eigenvalue weighted by atomic mass is 10.2. The molecule has 0 unspecified atom stereocenters. The highest BCUT2D eigenvalue weighted by Crippen LogP contribution is 2.17. The summed E-state index contributed by atoms with van der Waals surface area (Å²) in [4.78, 5) is 25.7. The molecule has 0 fully saturated rings. The molecule has 0 radical (unpaired) electrons. The van der Waals surface area contributed by atoms with E-state index < -0.39 is 0 Å². The van der Waals surface area contributed by atoms with Crippen molar-refractivity contribution in [3.05, 3.63) is 59.1 Å². The Hall–Kier alpha value is -2.53. The van der Waals surface area contributed by atoms with Crippen LogP contribution in [0.5, 0.6) is 0 Å². The molecular weight excluding hydrogens is 338 g/mol. The monoisotopic (exact) mass is 359 g/mol. The quantitative estimate of drug-likeness (QED) is 0.819. The molecule has 0 aromatic heterocycles. The van der Waals surface area contributed by atoms with Crippen LogP contribution in [0.1, 0.15) is 19.4 Å². The summed E-state index contributed by atoms with van der Waals surface area (Å²) in [6, 6.07) is 14.2. The van der Waals surface area contributed by atoms with Crippen LogP contribution in [0, 0.1) is 5.92 Å². The summed E-state index contributed by atoms with van der Waals surface area (Å²) >= 11 is 5.97. The number of urea groups is 1. The minimum atomic E-state index is -0.243. The van der Waals surface area contributed by atoms with Crippen molar-refractivity contribution in [1.29, 1.82) is 0 Å². The molecule has 2 aromatic carbocycles. The molecule has 2 aromatic rings. The van der Waals surface area contributed by atoms with Gasteiger partial charge in [-0.3, -0.25) is 4.79 Å². The second-order valence-corrected chi connectivity index (χ2v) is 6.58. The largest absolute Gasteiger partial charge is 0.326 e. The number of halogens is 1. The highest BCUT2D eigenvalue weighted by atomic mass is 35.5. The molecule has 25 heavy (non-hydrogen) atoms. The molecule has 0 aliphatic heterocycles. The molecule has 0 aliphatic rings. The molecule has 132 valence electrons. The molecule has 0 spiro atoms. The number of amides is 3. The van der Waals surface area contributed by atoms with Gasteiger partial charge in [-0.2, -0.15) is 0 Å². The number of carbonyl (C=O) groups excluding carboxylic acids is 2. The second kappa shape index (κ2) is 8.53. The maximum atomic E-state index is 12.3. The van der Waals surface area contributed by atoms with Crippen LogP contribution in [0.4, 0.5) is 16.2 Å². The first-order valence-electron chi connectivity index (χ1n) is 8.02. The summed E-state index contributed by atoms with van der Waals surface area (Å²) in [6.07, 6.45) is 0. The van der Waals surface area contributed by atoms with E-state index in [1.54, 1.807) is 42.3 Å². The average molecular weight is 360 g/mol. The van der Waals surface area contributed by atoms with Crippen molar-refractivity contribution in [3.63, 3.8) is 0 Å². The highest BCUT2D eigenvalue weighted by molar-refractivity contribution is 6.30. The van der Waals surface area contributed by atoms with Crippen LogP contribution in [0.2, 0.25) is 5.02 Å². The summed E-state index contributed by atoms with van der Waals surface area (Å²) in [5, 5.41) is 6.27. The van der Waals surface area contributed by atoms with Gasteiger partial charge in [0.15, 0.2) is 0 Å². The van der Waals surface area contributed by atoms with E-state index in [4.69, 9.17) is 11.6 Å². The Morgan fingerprint density at radius 2 is 1.68 bits per heavy atom. The third kappa shape index (κ3) is 5.80. The van der Waals surface area contributed by atoms with E-state index >= 15 is 0 Å². The third-order valence-corrected chi connectivity index (χ3v) is 3.80. The molecule has 5 nitrogen and oxygen atoms in total. The maximum Gasteiger partial charge on any atom is 0.321 e. The zero-order chi connectivity index (χ0) is 18.4. The molecule has 0 saturated heterocycles. The predicted octanol–water partition coefficient (Wildman–Crippen LogP) is 4.60. The fraction of sp³-hybridized carbons (Fsp3) is 0.263. The van der Waals surface area contributed by atoms with E-state index in [0.717, 1.165) is 5.56 Å². The molecule has 2 rings (SSSR count). The number of rotatable bonds is 5. The average Bonchev–Trinajstić information content (AvgIpc) is 2.55. The van der Waals surface area contributed by atoms with Gasteiger partial charge in [0.2, 0.25) is 5.91 Å². The fourth-order valence-electron chi connectivity index (χ4n) is 2.16. The van der Waals surface area contributed by atoms with Crippen molar-refractivity contribution in [3.8, 4) is 0 Å². The van der Waals surface area contributed by atoms with Crippen molar-refractivity contribution in [1.82, 2.24) is 4.90 Å². The minimum absolute atomic E-state index is 0.0680. The predicted molar refractivity (Wildman–Crippen MR) is 102 cm³/mol. The number of hydrogen-bond donors (Lipinski definition) is 2. The van der Waals surface area contributed by atoms with Gasteiger partial charge in [-0.1, -0.05) is 43.6 Å². The fourth-order valence-corrected chi connectivity index (χ4v) is 2.37. The van der Waals surface area contributed by atoms with Gasteiger partial charge in [-0.15, -0.1) is 0 Å². The number of carbonyl (C=O) groups is 2. The highest BCUT2D eigenvalue weighted by Gasteiger charge is 2.11. The van der Waals surface area contributed by atoms with Crippen LogP contribution < -0.4 is 10.6 Å². The number of benzene rings is 2. The lowest BCUT2D eigenvalue weighted by Gasteiger charge is -2.18. The van der Waals surface area contributed by atoms with E-state index in [2.05, 4.69) is 10.6 Å². The summed E-state index contributed by atoms with van der Waals surface area (Å²) in [7, 11) is 1.71. The van der Waals surface area contributed by atoms with Crippen molar-refractivity contribution in [2.75, 3.05) is 17.7 Å². The molecule has 0 heterocycles. The Balaban J connectivity index is 1.98. The van der Waals surface area contributed by atoms with E-state index in [-0.39, 0.29) is 17.9 Å². The zero-order valence-corrected chi connectivity index (χ0v) is 15.3. The van der Waals surface area contributed by atoms with Gasteiger partial charge in [-0.25, -0.2) is 4.79 Å². The van der Waals surface area contributed by atoms with E-state index in [1.807, 2.05) is 32.0 Å². The van der Waals surface area contributed by atoms with Crippen molar-refractivity contribution in [2.24, 2.45) is 5.92 Å². The standard InChI is InChI=1S/C19H22ClN3O2/c1-13(2)18(24)21-16-8-5-9-17(11-16)22-19(25)23(3)12-14-6-4-7-15(20)10-14/h4-11,13H,12H2,1-3H3,(H,21,24)(H,22,25). The first-order valence-corrected chi connectivity index (χ1v) is 8.40. The van der Waals surface area contributed by atoms with E-state index in [0.29, 0.717) is 22.9 Å². The lowest BCUT2D eigenvalue weighted by Crippen LogP contribution is -2.30. The molecule has 0 bridgehead atoms. The van der Waals surface area contributed by atoms with Crippen LogP contribution in [0.25, 0.3) is 0 Å². The Labute approximate surface area is 153 Å². The summed E-state index contributed by atoms with van der Waals surface area (Å²) in [5.41, 5.74) is 2.21. The van der Waals surface area contributed by atoms with Crippen LogP contribution in [-0.4, -0.2) is 23.9 Å². The zero-order valence-electron chi connectivity index (χ0n) is 14.5. The molecule has 0 aliphatic carbocycles. The summed E-state index contributed by atoms with van der Waals surface area (Å²) in [5.74, 6) is -0.177. The smallest absolute Gasteiger partial charge is 0.321 e.